The van der Waals surface area contributed by atoms with Gasteiger partial charge < -0.3 is 5.32 Å². The predicted octanol–water partition coefficient (Wildman–Crippen LogP) is 5.44. The summed E-state index contributed by atoms with van der Waals surface area (Å²) in [6.07, 6.45) is 7.40. The van der Waals surface area contributed by atoms with E-state index in [1.54, 1.807) is 37.4 Å². The lowest BCUT2D eigenvalue weighted by Crippen LogP contribution is -2.27. The second-order valence-electron chi connectivity index (χ2n) is 9.74. The number of carbonyl (C=O) groups is 1. The monoisotopic (exact) mass is 564 g/mol. The Bertz CT molecular complexity index is 1800. The van der Waals surface area contributed by atoms with Crippen molar-refractivity contribution in [2.75, 3.05) is 5.32 Å². The van der Waals surface area contributed by atoms with Gasteiger partial charge in [0, 0.05) is 39.7 Å². The molecule has 0 spiro atoms. The first kappa shape index (κ1) is 25.8. The van der Waals surface area contributed by atoms with Crippen LogP contribution in [0.4, 0.5) is 14.5 Å². The smallest absolute Gasteiger partial charge is 0.323 e. The summed E-state index contributed by atoms with van der Waals surface area (Å²) in [5, 5.41) is 14.8. The molecule has 2 atom stereocenters. The number of aromatic amines is 1. The quantitative estimate of drug-likeness (QED) is 0.301. The van der Waals surface area contributed by atoms with Crippen LogP contribution in [0.5, 0.6) is 0 Å². The van der Waals surface area contributed by atoms with Crippen molar-refractivity contribution in [3.63, 3.8) is 0 Å². The van der Waals surface area contributed by atoms with E-state index in [4.69, 9.17) is 11.6 Å². The largest absolute Gasteiger partial charge is 0.333 e. The van der Waals surface area contributed by atoms with Crippen molar-refractivity contribution in [3.05, 3.63) is 76.3 Å². The number of nitrogens with zero attached hydrogens (tertiary/aromatic N) is 6. The first-order valence-corrected chi connectivity index (χ1v) is 13.0. The molecule has 1 aliphatic heterocycles. The summed E-state index contributed by atoms with van der Waals surface area (Å²) < 4.78 is 29.8. The Morgan fingerprint density at radius 1 is 1.10 bits per heavy atom. The van der Waals surface area contributed by atoms with E-state index in [0.717, 1.165) is 5.39 Å². The molecule has 1 aliphatic rings. The van der Waals surface area contributed by atoms with Crippen molar-refractivity contribution in [1.29, 1.82) is 0 Å². The van der Waals surface area contributed by atoms with Crippen LogP contribution in [0.3, 0.4) is 0 Å². The Hall–Kier alpha value is -4.45. The van der Waals surface area contributed by atoms with Gasteiger partial charge in [0.05, 0.1) is 53.0 Å². The molecule has 5 heterocycles. The van der Waals surface area contributed by atoms with Gasteiger partial charge in [-0.3, -0.25) is 24.2 Å². The second kappa shape index (κ2) is 10.3. The van der Waals surface area contributed by atoms with E-state index in [2.05, 4.69) is 30.6 Å². The molecule has 2 N–H and O–H groups in total. The molecule has 13 heteroatoms. The Kier molecular flexibility index (Phi) is 6.62. The lowest BCUT2D eigenvalue weighted by atomic mass is 9.97. The van der Waals surface area contributed by atoms with Crippen molar-refractivity contribution in [1.82, 2.24) is 34.5 Å². The molecule has 6 rings (SSSR count). The van der Waals surface area contributed by atoms with E-state index in [9.17, 15) is 18.4 Å². The summed E-state index contributed by atoms with van der Waals surface area (Å²) in [6.45, 7) is -1.15. The maximum atomic E-state index is 13.9. The summed E-state index contributed by atoms with van der Waals surface area (Å²) in [4.78, 5) is 35.4. The standard InChI is InChI=1S/C27H23ClF2N8O2/c1-14-3-2-4-22(20-8-15(5-6-31-20)25-21(35-26(14)40)12-34-38(25)27(29)30)37-13-32-19(10-23(37)39)18-9-17(28)7-16-11-33-36-24(16)18/h5-14,22,27H,2-4H2,1H3,(H,33,36)(H,35,40)/t14-,22+/m1/s1. The highest BCUT2D eigenvalue weighted by Gasteiger charge is 2.26. The molecule has 5 aromatic rings. The normalized spacial score (nSPS) is 17.8. The maximum absolute atomic E-state index is 13.9. The number of anilines is 1. The van der Waals surface area contributed by atoms with Gasteiger partial charge in [-0.15, -0.1) is 0 Å². The van der Waals surface area contributed by atoms with Crippen LogP contribution in [0.2, 0.25) is 5.02 Å². The number of nitrogens with one attached hydrogen (secondary N) is 2. The molecule has 0 saturated carbocycles. The van der Waals surface area contributed by atoms with E-state index in [1.165, 1.54) is 29.4 Å². The van der Waals surface area contributed by atoms with Crippen LogP contribution >= 0.6 is 11.6 Å². The third kappa shape index (κ3) is 4.64. The second-order valence-corrected chi connectivity index (χ2v) is 10.2. The van der Waals surface area contributed by atoms with E-state index in [1.807, 2.05) is 0 Å². The number of hydrogen-bond acceptors (Lipinski definition) is 6. The minimum absolute atomic E-state index is 0.0591. The number of amides is 1. The zero-order valence-electron chi connectivity index (χ0n) is 21.2. The third-order valence-electron chi connectivity index (χ3n) is 7.16. The highest BCUT2D eigenvalue weighted by Crippen LogP contribution is 2.35. The van der Waals surface area contributed by atoms with Gasteiger partial charge in [-0.2, -0.15) is 19.0 Å². The van der Waals surface area contributed by atoms with Gasteiger partial charge >= 0.3 is 6.55 Å². The average molecular weight is 565 g/mol. The van der Waals surface area contributed by atoms with Crippen LogP contribution in [-0.2, 0) is 4.79 Å². The van der Waals surface area contributed by atoms with Crippen molar-refractivity contribution in [2.45, 2.75) is 38.8 Å². The van der Waals surface area contributed by atoms with Gasteiger partial charge in [0.15, 0.2) is 0 Å². The summed E-state index contributed by atoms with van der Waals surface area (Å²) in [5.41, 5.74) is 2.55. The van der Waals surface area contributed by atoms with Gasteiger partial charge in [-0.05, 0) is 37.1 Å². The molecule has 4 aromatic heterocycles. The SMILES string of the molecule is C[C@@H]1CCC[C@H](n2cnc(-c3cc(Cl)cc4cn[nH]c34)cc2=O)c2cc(ccn2)-c2c(cnn2C(F)F)NC1=O. The van der Waals surface area contributed by atoms with Crippen molar-refractivity contribution >= 4 is 34.1 Å². The summed E-state index contributed by atoms with van der Waals surface area (Å²) in [7, 11) is 0. The van der Waals surface area contributed by atoms with Crippen molar-refractivity contribution in [3.8, 4) is 22.5 Å². The van der Waals surface area contributed by atoms with E-state index in [-0.39, 0.29) is 22.8 Å². The summed E-state index contributed by atoms with van der Waals surface area (Å²) in [6, 6.07) is 7.56. The zero-order valence-corrected chi connectivity index (χ0v) is 21.9. The number of H-pyrrole nitrogens is 1. The molecule has 1 amide bonds. The Morgan fingerprint density at radius 2 is 1.95 bits per heavy atom. The molecule has 2 bridgehead atoms. The molecule has 204 valence electrons. The van der Waals surface area contributed by atoms with Crippen LogP contribution in [0.15, 0.2) is 60.0 Å². The molecule has 0 fully saturated rings. The minimum atomic E-state index is -2.93. The average Bonchev–Trinajstić information content (AvgIpc) is 3.57. The van der Waals surface area contributed by atoms with Crippen LogP contribution in [-0.4, -0.2) is 40.4 Å². The van der Waals surface area contributed by atoms with Crippen LogP contribution in [0.1, 0.15) is 44.5 Å². The number of alkyl halides is 2. The molecule has 10 nitrogen and oxygen atoms in total. The first-order valence-electron chi connectivity index (χ1n) is 12.6. The molecule has 0 radical (unpaired) electrons. The van der Waals surface area contributed by atoms with Gasteiger partial charge in [0.25, 0.3) is 5.56 Å². The van der Waals surface area contributed by atoms with Crippen LogP contribution in [0, 0.1) is 5.92 Å². The van der Waals surface area contributed by atoms with Gasteiger partial charge in [0.1, 0.15) is 0 Å². The lowest BCUT2D eigenvalue weighted by molar-refractivity contribution is -0.119. The highest BCUT2D eigenvalue weighted by molar-refractivity contribution is 6.31. The molecule has 40 heavy (non-hydrogen) atoms. The topological polar surface area (TPSA) is 123 Å². The number of pyridine rings is 1. The van der Waals surface area contributed by atoms with Gasteiger partial charge in [-0.1, -0.05) is 24.9 Å². The van der Waals surface area contributed by atoms with E-state index >= 15 is 0 Å². The number of carbonyl (C=O) groups excluding carboxylic acids is 1. The Morgan fingerprint density at radius 3 is 2.75 bits per heavy atom. The number of halogens is 3. The zero-order chi connectivity index (χ0) is 28.0. The van der Waals surface area contributed by atoms with Crippen LogP contribution < -0.4 is 10.9 Å². The third-order valence-corrected chi connectivity index (χ3v) is 7.38. The maximum Gasteiger partial charge on any atom is 0.333 e. The number of aromatic nitrogens is 7. The fourth-order valence-electron chi connectivity index (χ4n) is 5.12. The number of rotatable bonds is 3. The van der Waals surface area contributed by atoms with Crippen molar-refractivity contribution in [2.24, 2.45) is 5.92 Å². The van der Waals surface area contributed by atoms with Gasteiger partial charge in [0.2, 0.25) is 5.91 Å². The molecular formula is C27H23ClF2N8O2. The fraction of sp³-hybridized carbons (Fsp3) is 0.259. The first-order chi connectivity index (χ1) is 19.3. The van der Waals surface area contributed by atoms with Crippen LogP contribution in [0.25, 0.3) is 33.4 Å². The molecule has 0 unspecified atom stereocenters. The fourth-order valence-corrected chi connectivity index (χ4v) is 5.34. The lowest BCUT2D eigenvalue weighted by Gasteiger charge is -2.22. The summed E-state index contributed by atoms with van der Waals surface area (Å²) in [5.74, 6) is -0.692. The number of benzene rings is 1. The number of hydrogen-bond donors (Lipinski definition) is 2. The highest BCUT2D eigenvalue weighted by atomic mass is 35.5. The minimum Gasteiger partial charge on any atom is -0.323 e. The number of fused-ring (bicyclic) bond motifs is 5. The van der Waals surface area contributed by atoms with Crippen molar-refractivity contribution < 1.29 is 13.6 Å². The van der Waals surface area contributed by atoms with E-state index in [0.29, 0.717) is 57.0 Å². The molecule has 0 saturated heterocycles. The van der Waals surface area contributed by atoms with E-state index < -0.39 is 18.5 Å². The predicted molar refractivity (Wildman–Crippen MR) is 145 cm³/mol. The van der Waals surface area contributed by atoms with Gasteiger partial charge in [-0.25, -0.2) is 9.67 Å². The summed E-state index contributed by atoms with van der Waals surface area (Å²) >= 11 is 6.29. The Balaban J connectivity index is 1.46. The Labute approximate surface area is 231 Å². The molecular weight excluding hydrogens is 542 g/mol. The molecule has 0 aliphatic carbocycles. The molecule has 1 aromatic carbocycles.